The first-order valence-corrected chi connectivity index (χ1v) is 6.70. The highest BCUT2D eigenvalue weighted by atomic mass is 32.1. The number of aryl methyl sites for hydroxylation is 1. The van der Waals surface area contributed by atoms with E-state index in [9.17, 15) is 4.79 Å². The summed E-state index contributed by atoms with van der Waals surface area (Å²) in [6.45, 7) is 3.34. The number of carbonyl (C=O) groups excluding carboxylic acids is 1. The lowest BCUT2D eigenvalue weighted by Crippen LogP contribution is -2.31. The fourth-order valence-electron chi connectivity index (χ4n) is 2.03. The summed E-state index contributed by atoms with van der Waals surface area (Å²) < 4.78 is 0. The van der Waals surface area contributed by atoms with Crippen LogP contribution < -0.4 is 9.80 Å². The van der Waals surface area contributed by atoms with E-state index in [-0.39, 0.29) is 6.03 Å². The number of carbonyl (C=O) groups is 1. The molecular formula is C13H13N3OS. The topological polar surface area (TPSA) is 36.4 Å². The van der Waals surface area contributed by atoms with Gasteiger partial charge in [0.2, 0.25) is 0 Å². The van der Waals surface area contributed by atoms with Gasteiger partial charge in [-0.3, -0.25) is 9.80 Å². The van der Waals surface area contributed by atoms with Gasteiger partial charge in [0.05, 0.1) is 5.69 Å². The van der Waals surface area contributed by atoms with Crippen LogP contribution in [0.3, 0.4) is 0 Å². The summed E-state index contributed by atoms with van der Waals surface area (Å²) in [5.74, 6) is 0. The minimum absolute atomic E-state index is 0.00977. The molecule has 1 fully saturated rings. The lowest BCUT2D eigenvalue weighted by atomic mass is 10.3. The molecule has 0 atom stereocenters. The average Bonchev–Trinajstić information content (AvgIpc) is 2.97. The summed E-state index contributed by atoms with van der Waals surface area (Å²) in [5.41, 5.74) is 1.90. The van der Waals surface area contributed by atoms with Crippen molar-refractivity contribution in [3.05, 3.63) is 41.4 Å². The van der Waals surface area contributed by atoms with Crippen molar-refractivity contribution >= 4 is 28.2 Å². The Labute approximate surface area is 109 Å². The normalized spacial score (nSPS) is 15.5. The zero-order valence-corrected chi connectivity index (χ0v) is 10.9. The standard InChI is InChI=1S/C13H13N3OS/c1-10-9-18-12(14-10)16-8-7-15(13(16)17)11-5-3-2-4-6-11/h2-6,9H,7-8H2,1H3. The average molecular weight is 259 g/mol. The summed E-state index contributed by atoms with van der Waals surface area (Å²) in [7, 11) is 0. The van der Waals surface area contributed by atoms with Gasteiger partial charge in [-0.1, -0.05) is 18.2 Å². The molecule has 2 heterocycles. The predicted molar refractivity (Wildman–Crippen MR) is 73.4 cm³/mol. The van der Waals surface area contributed by atoms with Gasteiger partial charge in [0.15, 0.2) is 5.13 Å². The lowest BCUT2D eigenvalue weighted by Gasteiger charge is -2.16. The Morgan fingerprint density at radius 3 is 2.56 bits per heavy atom. The van der Waals surface area contributed by atoms with Gasteiger partial charge in [-0.25, -0.2) is 9.78 Å². The van der Waals surface area contributed by atoms with Gasteiger partial charge in [-0.05, 0) is 19.1 Å². The first-order valence-electron chi connectivity index (χ1n) is 5.82. The van der Waals surface area contributed by atoms with Crippen LogP contribution in [0, 0.1) is 6.92 Å². The van der Waals surface area contributed by atoms with E-state index < -0.39 is 0 Å². The number of hydrogen-bond acceptors (Lipinski definition) is 3. The number of benzene rings is 1. The van der Waals surface area contributed by atoms with Crippen molar-refractivity contribution in [3.63, 3.8) is 0 Å². The van der Waals surface area contributed by atoms with Crippen molar-refractivity contribution in [3.8, 4) is 0 Å². The Morgan fingerprint density at radius 2 is 1.89 bits per heavy atom. The van der Waals surface area contributed by atoms with Crippen LogP contribution in [0.25, 0.3) is 0 Å². The molecule has 1 aromatic carbocycles. The Kier molecular flexibility index (Phi) is 2.76. The molecule has 0 N–H and O–H groups in total. The fraction of sp³-hybridized carbons (Fsp3) is 0.231. The number of amides is 2. The second-order valence-electron chi connectivity index (χ2n) is 4.19. The zero-order chi connectivity index (χ0) is 12.5. The molecule has 4 nitrogen and oxygen atoms in total. The number of para-hydroxylation sites is 1. The van der Waals surface area contributed by atoms with Crippen LogP contribution >= 0.6 is 11.3 Å². The van der Waals surface area contributed by atoms with E-state index in [4.69, 9.17) is 0 Å². The van der Waals surface area contributed by atoms with Gasteiger partial charge in [-0.15, -0.1) is 11.3 Å². The van der Waals surface area contributed by atoms with E-state index in [1.54, 1.807) is 9.80 Å². The molecule has 0 unspecified atom stereocenters. The molecule has 0 saturated carbocycles. The molecular weight excluding hydrogens is 246 g/mol. The Morgan fingerprint density at radius 1 is 1.17 bits per heavy atom. The maximum atomic E-state index is 12.3. The van der Waals surface area contributed by atoms with Gasteiger partial charge < -0.3 is 0 Å². The van der Waals surface area contributed by atoms with Gasteiger partial charge in [0.25, 0.3) is 0 Å². The van der Waals surface area contributed by atoms with Crippen molar-refractivity contribution in [1.29, 1.82) is 0 Å². The molecule has 2 amide bonds. The van der Waals surface area contributed by atoms with Gasteiger partial charge in [0, 0.05) is 24.2 Å². The van der Waals surface area contributed by atoms with E-state index in [1.807, 2.05) is 42.6 Å². The second kappa shape index (κ2) is 4.42. The number of aromatic nitrogens is 1. The van der Waals surface area contributed by atoms with Crippen LogP contribution in [0.5, 0.6) is 0 Å². The summed E-state index contributed by atoms with van der Waals surface area (Å²) in [5, 5.41) is 2.75. The quantitative estimate of drug-likeness (QED) is 0.831. The van der Waals surface area contributed by atoms with Crippen molar-refractivity contribution in [2.75, 3.05) is 22.9 Å². The lowest BCUT2D eigenvalue weighted by molar-refractivity contribution is 0.256. The molecule has 1 aliphatic rings. The largest absolute Gasteiger partial charge is 0.330 e. The number of anilines is 2. The summed E-state index contributed by atoms with van der Waals surface area (Å²) >= 11 is 1.52. The second-order valence-corrected chi connectivity index (χ2v) is 5.03. The number of nitrogens with zero attached hydrogens (tertiary/aromatic N) is 3. The Balaban J connectivity index is 1.85. The number of thiazole rings is 1. The molecule has 18 heavy (non-hydrogen) atoms. The summed E-state index contributed by atoms with van der Waals surface area (Å²) in [6.07, 6.45) is 0. The third kappa shape index (κ3) is 1.86. The van der Waals surface area contributed by atoms with Crippen LogP contribution in [0.15, 0.2) is 35.7 Å². The van der Waals surface area contributed by atoms with Gasteiger partial charge in [0.1, 0.15) is 0 Å². The first kappa shape index (κ1) is 11.2. The molecule has 0 bridgehead atoms. The Hall–Kier alpha value is -1.88. The molecule has 92 valence electrons. The molecule has 1 aromatic heterocycles. The van der Waals surface area contributed by atoms with Gasteiger partial charge >= 0.3 is 6.03 Å². The van der Waals surface area contributed by atoms with Crippen molar-refractivity contribution in [2.24, 2.45) is 0 Å². The third-order valence-electron chi connectivity index (χ3n) is 2.91. The fourth-order valence-corrected chi connectivity index (χ4v) is 2.85. The molecule has 3 rings (SSSR count). The molecule has 0 spiro atoms. The summed E-state index contributed by atoms with van der Waals surface area (Å²) in [6, 6.07) is 9.75. The molecule has 0 radical (unpaired) electrons. The Bertz CT molecular complexity index is 567. The van der Waals surface area contributed by atoms with E-state index in [0.29, 0.717) is 13.1 Å². The maximum Gasteiger partial charge on any atom is 0.330 e. The smallest absolute Gasteiger partial charge is 0.292 e. The van der Waals surface area contributed by atoms with Crippen molar-refractivity contribution in [1.82, 2.24) is 4.98 Å². The monoisotopic (exact) mass is 259 g/mol. The van der Waals surface area contributed by atoms with E-state index in [0.717, 1.165) is 16.5 Å². The molecule has 1 aliphatic heterocycles. The molecule has 5 heteroatoms. The minimum atomic E-state index is 0.00977. The highest BCUT2D eigenvalue weighted by Crippen LogP contribution is 2.27. The maximum absolute atomic E-state index is 12.3. The van der Waals surface area contributed by atoms with Crippen LogP contribution in [0.4, 0.5) is 15.6 Å². The molecule has 1 saturated heterocycles. The minimum Gasteiger partial charge on any atom is -0.292 e. The number of hydrogen-bond donors (Lipinski definition) is 0. The van der Waals surface area contributed by atoms with Gasteiger partial charge in [-0.2, -0.15) is 0 Å². The predicted octanol–water partition coefficient (Wildman–Crippen LogP) is 2.90. The molecule has 0 aliphatic carbocycles. The van der Waals surface area contributed by atoms with E-state index >= 15 is 0 Å². The van der Waals surface area contributed by atoms with Crippen LogP contribution in [-0.2, 0) is 0 Å². The number of urea groups is 1. The van der Waals surface area contributed by atoms with Crippen LogP contribution in [0.1, 0.15) is 5.69 Å². The van der Waals surface area contributed by atoms with E-state index in [1.165, 1.54) is 11.3 Å². The van der Waals surface area contributed by atoms with E-state index in [2.05, 4.69) is 4.98 Å². The summed E-state index contributed by atoms with van der Waals surface area (Å²) in [4.78, 5) is 20.2. The van der Waals surface area contributed by atoms with Crippen molar-refractivity contribution < 1.29 is 4.79 Å². The third-order valence-corrected chi connectivity index (χ3v) is 3.90. The zero-order valence-electron chi connectivity index (χ0n) is 10.0. The van der Waals surface area contributed by atoms with Crippen LogP contribution in [0.2, 0.25) is 0 Å². The highest BCUT2D eigenvalue weighted by Gasteiger charge is 2.31. The molecule has 2 aromatic rings. The SMILES string of the molecule is Cc1csc(N2CCN(c3ccccc3)C2=O)n1. The highest BCUT2D eigenvalue weighted by molar-refractivity contribution is 7.14. The first-order chi connectivity index (χ1) is 8.75. The number of rotatable bonds is 2. The van der Waals surface area contributed by atoms with Crippen LogP contribution in [-0.4, -0.2) is 24.1 Å². The van der Waals surface area contributed by atoms with Crippen molar-refractivity contribution in [2.45, 2.75) is 6.92 Å².